The lowest BCUT2D eigenvalue weighted by Gasteiger charge is -2.38. The number of aliphatic hydroxyl groups is 1. The molecule has 4 rings (SSSR count). The molecule has 1 fully saturated rings. The Morgan fingerprint density at radius 1 is 1.35 bits per heavy atom. The van der Waals surface area contributed by atoms with E-state index in [-0.39, 0.29) is 0 Å². The smallest absolute Gasteiger partial charge is 0.309 e. The van der Waals surface area contributed by atoms with Crippen molar-refractivity contribution < 1.29 is 19.7 Å². The second kappa shape index (κ2) is 10.7. The molecule has 34 heavy (non-hydrogen) atoms. The Kier molecular flexibility index (Phi) is 7.74. The molecule has 3 heterocycles. The molecule has 0 unspecified atom stereocenters. The lowest BCUT2D eigenvalue weighted by Crippen LogP contribution is -2.44. The van der Waals surface area contributed by atoms with E-state index in [4.69, 9.17) is 16.3 Å². The number of rotatable bonds is 7. The average molecular weight is 499 g/mol. The van der Waals surface area contributed by atoms with Crippen LogP contribution < -0.4 is 4.74 Å². The molecule has 1 aromatic carbocycles. The number of ether oxygens (including phenoxy) is 1. The molecule has 1 atom stereocenters. The number of methoxy groups -OCH3 is 1. The third-order valence-corrected chi connectivity index (χ3v) is 7.69. The van der Waals surface area contributed by atoms with Gasteiger partial charge in [-0.2, -0.15) is 0 Å². The Bertz CT molecular complexity index is 1210. The van der Waals surface area contributed by atoms with E-state index in [1.807, 2.05) is 23.6 Å². The van der Waals surface area contributed by atoms with Crippen molar-refractivity contribution in [3.63, 3.8) is 0 Å². The first-order valence-electron chi connectivity index (χ1n) is 11.2. The molecule has 1 saturated heterocycles. The summed E-state index contributed by atoms with van der Waals surface area (Å²) in [5.41, 5.74) is 0.391. The molecule has 0 amide bonds. The van der Waals surface area contributed by atoms with Gasteiger partial charge in [0, 0.05) is 30.2 Å². The molecule has 1 aliphatic rings. The fraction of sp³-hybridized carbons (Fsp3) is 0.385. The number of hydrogen-bond acceptors (Lipinski definition) is 6. The standard InChI is InChI=1S/C26H27ClN2O4S/c1-33-18-6-7-22-20(16-18)24(21(27)17-28-22)23(30)8-9-26(25(31)32)10-13-29(14-11-26)12-2-4-19-5-3-15-34-19/h3,5-7,15-17,23,30H,8-14H2,1H3,(H,31,32)/t23-/m0/s1. The minimum Gasteiger partial charge on any atom is -0.497 e. The lowest BCUT2D eigenvalue weighted by atomic mass is 9.74. The molecule has 3 aromatic rings. The number of benzene rings is 1. The molecule has 1 aliphatic heterocycles. The van der Waals surface area contributed by atoms with Crippen molar-refractivity contribution >= 4 is 39.8 Å². The first-order valence-corrected chi connectivity index (χ1v) is 12.5. The van der Waals surface area contributed by atoms with E-state index in [2.05, 4.69) is 21.7 Å². The van der Waals surface area contributed by atoms with Gasteiger partial charge in [0.15, 0.2) is 0 Å². The molecular weight excluding hydrogens is 472 g/mol. The summed E-state index contributed by atoms with van der Waals surface area (Å²) in [6, 6.07) is 9.38. The first-order chi connectivity index (χ1) is 16.4. The highest BCUT2D eigenvalue weighted by molar-refractivity contribution is 7.10. The summed E-state index contributed by atoms with van der Waals surface area (Å²) in [6.45, 7) is 1.95. The van der Waals surface area contributed by atoms with Gasteiger partial charge >= 0.3 is 5.97 Å². The minimum absolute atomic E-state index is 0.292. The van der Waals surface area contributed by atoms with Gasteiger partial charge in [-0.1, -0.05) is 29.5 Å². The van der Waals surface area contributed by atoms with Gasteiger partial charge in [-0.15, -0.1) is 11.3 Å². The number of nitrogens with zero attached hydrogens (tertiary/aromatic N) is 2. The summed E-state index contributed by atoms with van der Waals surface area (Å²) in [5, 5.41) is 24.2. The van der Waals surface area contributed by atoms with Crippen LogP contribution in [0.5, 0.6) is 5.75 Å². The number of aromatic nitrogens is 1. The van der Waals surface area contributed by atoms with E-state index in [1.165, 1.54) is 6.20 Å². The van der Waals surface area contributed by atoms with E-state index in [0.717, 1.165) is 4.88 Å². The van der Waals surface area contributed by atoms with Gasteiger partial charge in [0.25, 0.3) is 0 Å². The van der Waals surface area contributed by atoms with Crippen molar-refractivity contribution in [1.29, 1.82) is 0 Å². The number of piperidine rings is 1. The number of carboxylic acid groups (broad SMARTS) is 1. The van der Waals surface area contributed by atoms with Crippen LogP contribution in [0.3, 0.4) is 0 Å². The second-order valence-corrected chi connectivity index (χ2v) is 9.95. The van der Waals surface area contributed by atoms with Crippen LogP contribution in [0.2, 0.25) is 5.02 Å². The van der Waals surface area contributed by atoms with Gasteiger partial charge in [0.2, 0.25) is 0 Å². The van der Waals surface area contributed by atoms with Crippen LogP contribution in [0.25, 0.3) is 10.9 Å². The maximum absolute atomic E-state index is 12.3. The fourth-order valence-electron chi connectivity index (χ4n) is 4.49. The predicted molar refractivity (Wildman–Crippen MR) is 134 cm³/mol. The molecule has 6 nitrogen and oxygen atoms in total. The van der Waals surface area contributed by atoms with Crippen LogP contribution in [0.4, 0.5) is 0 Å². The number of carbonyl (C=O) groups is 1. The van der Waals surface area contributed by atoms with E-state index < -0.39 is 17.5 Å². The summed E-state index contributed by atoms with van der Waals surface area (Å²) in [5.74, 6) is 6.17. The van der Waals surface area contributed by atoms with Gasteiger partial charge in [0.1, 0.15) is 5.75 Å². The van der Waals surface area contributed by atoms with E-state index in [0.29, 0.717) is 72.6 Å². The Balaban J connectivity index is 1.43. The molecule has 0 bridgehead atoms. The monoisotopic (exact) mass is 498 g/mol. The highest BCUT2D eigenvalue weighted by Gasteiger charge is 2.41. The summed E-state index contributed by atoms with van der Waals surface area (Å²) in [6.07, 6.45) is 2.32. The van der Waals surface area contributed by atoms with E-state index in [1.54, 1.807) is 30.6 Å². The van der Waals surface area contributed by atoms with Gasteiger partial charge < -0.3 is 14.9 Å². The van der Waals surface area contributed by atoms with Crippen molar-refractivity contribution in [3.05, 3.63) is 57.4 Å². The maximum atomic E-state index is 12.3. The van der Waals surface area contributed by atoms with Crippen LogP contribution in [0, 0.1) is 17.3 Å². The average Bonchev–Trinajstić information content (AvgIpc) is 3.36. The summed E-state index contributed by atoms with van der Waals surface area (Å²) >= 11 is 8.03. The number of fused-ring (bicyclic) bond motifs is 1. The molecule has 0 spiro atoms. The van der Waals surface area contributed by atoms with Crippen LogP contribution >= 0.6 is 22.9 Å². The van der Waals surface area contributed by atoms with Crippen LogP contribution in [-0.4, -0.2) is 52.8 Å². The SMILES string of the molecule is COc1ccc2ncc(Cl)c([C@@H](O)CCC3(C(=O)O)CCN(CC#Cc4cccs4)CC3)c2c1. The maximum Gasteiger partial charge on any atom is 0.309 e. The summed E-state index contributed by atoms with van der Waals surface area (Å²) in [7, 11) is 1.58. The molecular formula is C26H27ClN2O4S. The lowest BCUT2D eigenvalue weighted by molar-refractivity contribution is -0.153. The topological polar surface area (TPSA) is 82.9 Å². The van der Waals surface area contributed by atoms with Gasteiger partial charge in [-0.3, -0.25) is 14.7 Å². The van der Waals surface area contributed by atoms with Gasteiger partial charge in [0.05, 0.1) is 40.6 Å². The second-order valence-electron chi connectivity index (χ2n) is 8.60. The van der Waals surface area contributed by atoms with Crippen LogP contribution in [0.1, 0.15) is 42.2 Å². The Morgan fingerprint density at radius 2 is 2.15 bits per heavy atom. The molecule has 178 valence electrons. The molecule has 0 saturated carbocycles. The highest BCUT2D eigenvalue weighted by Crippen LogP contribution is 2.41. The molecule has 8 heteroatoms. The molecule has 2 N–H and O–H groups in total. The zero-order valence-electron chi connectivity index (χ0n) is 19.0. The number of aliphatic hydroxyl groups excluding tert-OH is 1. The van der Waals surface area contributed by atoms with E-state index >= 15 is 0 Å². The number of pyridine rings is 1. The zero-order valence-corrected chi connectivity index (χ0v) is 20.5. The number of likely N-dealkylation sites (tertiary alicyclic amines) is 1. The third-order valence-electron chi connectivity index (χ3n) is 6.60. The quantitative estimate of drug-likeness (QED) is 0.446. The number of halogens is 1. The number of carboxylic acids is 1. The molecule has 0 aliphatic carbocycles. The third kappa shape index (κ3) is 5.37. The van der Waals surface area contributed by atoms with Crippen molar-refractivity contribution in [2.24, 2.45) is 5.41 Å². The number of hydrogen-bond donors (Lipinski definition) is 2. The van der Waals surface area contributed by atoms with Crippen molar-refractivity contribution in [2.75, 3.05) is 26.7 Å². The molecule has 0 radical (unpaired) electrons. The first kappa shape index (κ1) is 24.5. The number of thiophene rings is 1. The van der Waals surface area contributed by atoms with Gasteiger partial charge in [-0.25, -0.2) is 0 Å². The summed E-state index contributed by atoms with van der Waals surface area (Å²) < 4.78 is 5.31. The highest BCUT2D eigenvalue weighted by atomic mass is 35.5. The van der Waals surface area contributed by atoms with Crippen molar-refractivity contribution in [3.8, 4) is 17.6 Å². The van der Waals surface area contributed by atoms with Crippen molar-refractivity contribution in [1.82, 2.24) is 9.88 Å². The Labute approximate surface area is 208 Å². The fourth-order valence-corrected chi connectivity index (χ4v) is 5.36. The number of aliphatic carboxylic acids is 1. The van der Waals surface area contributed by atoms with Crippen LogP contribution in [-0.2, 0) is 4.79 Å². The Hall–Kier alpha value is -2.63. The summed E-state index contributed by atoms with van der Waals surface area (Å²) in [4.78, 5) is 19.8. The normalized spacial score (nSPS) is 16.6. The van der Waals surface area contributed by atoms with Gasteiger partial charge in [-0.05, 0) is 55.3 Å². The predicted octanol–water partition coefficient (Wildman–Crippen LogP) is 4.99. The largest absolute Gasteiger partial charge is 0.497 e. The minimum atomic E-state index is -0.906. The van der Waals surface area contributed by atoms with E-state index in [9.17, 15) is 15.0 Å². The van der Waals surface area contributed by atoms with Crippen LogP contribution in [0.15, 0.2) is 41.9 Å². The molecule has 2 aromatic heterocycles. The van der Waals surface area contributed by atoms with Crippen molar-refractivity contribution in [2.45, 2.75) is 31.8 Å². The zero-order chi connectivity index (χ0) is 24.1. The Morgan fingerprint density at radius 3 is 2.82 bits per heavy atom.